The number of nitrogens with one attached hydrogen (secondary N) is 1. The Hall–Kier alpha value is -1.68. The molecule has 1 N–H and O–H groups in total. The number of hydrogen-bond donors (Lipinski definition) is 1. The fourth-order valence-corrected chi connectivity index (χ4v) is 1.58. The third-order valence-corrected chi connectivity index (χ3v) is 2.58. The average molecular weight is 181 g/mol. The van der Waals surface area contributed by atoms with E-state index in [0.29, 0.717) is 5.92 Å². The summed E-state index contributed by atoms with van der Waals surface area (Å²) in [5.74, 6) is 7.20. The van der Waals surface area contributed by atoms with Crippen molar-refractivity contribution in [3.63, 3.8) is 0 Å². The molecule has 0 bridgehead atoms. The Labute approximate surface area is 83.1 Å². The maximum absolute atomic E-state index is 3.28. The molecule has 0 radical (unpaired) electrons. The molecule has 1 heterocycles. The molecule has 68 valence electrons. The van der Waals surface area contributed by atoms with Gasteiger partial charge < -0.3 is 4.98 Å². The summed E-state index contributed by atoms with van der Waals surface area (Å²) in [6.07, 6.45) is 4.57. The van der Waals surface area contributed by atoms with Gasteiger partial charge in [0.25, 0.3) is 0 Å². The van der Waals surface area contributed by atoms with Crippen LogP contribution in [0.4, 0.5) is 0 Å². The van der Waals surface area contributed by atoms with Crippen LogP contribution in [0.3, 0.4) is 0 Å². The van der Waals surface area contributed by atoms with Crippen LogP contribution in [0.15, 0.2) is 30.5 Å². The zero-order valence-electron chi connectivity index (χ0n) is 7.88. The van der Waals surface area contributed by atoms with Crippen molar-refractivity contribution in [2.75, 3.05) is 0 Å². The number of benzene rings is 1. The molecule has 2 aromatic rings. The maximum Gasteiger partial charge on any atom is 0.0498 e. The third-order valence-electron chi connectivity index (χ3n) is 2.58. The zero-order valence-corrected chi connectivity index (χ0v) is 7.88. The lowest BCUT2D eigenvalue weighted by atomic mass is 10.2. The minimum absolute atomic E-state index is 0.670. The van der Waals surface area contributed by atoms with E-state index in [4.69, 9.17) is 0 Å². The molecule has 0 atom stereocenters. The van der Waals surface area contributed by atoms with Gasteiger partial charge >= 0.3 is 0 Å². The summed E-state index contributed by atoms with van der Waals surface area (Å²) in [6.45, 7) is 0. The van der Waals surface area contributed by atoms with Gasteiger partial charge in [0.05, 0.1) is 0 Å². The normalized spacial score (nSPS) is 15.1. The molecular formula is C13H11N. The average Bonchev–Trinajstić information content (AvgIpc) is 2.96. The lowest BCUT2D eigenvalue weighted by Gasteiger charge is -1.87. The number of H-pyrrole nitrogens is 1. The van der Waals surface area contributed by atoms with Gasteiger partial charge in [-0.2, -0.15) is 0 Å². The van der Waals surface area contributed by atoms with Crippen LogP contribution in [-0.2, 0) is 0 Å². The van der Waals surface area contributed by atoms with E-state index in [9.17, 15) is 0 Å². The van der Waals surface area contributed by atoms with Gasteiger partial charge in [-0.25, -0.2) is 0 Å². The largest absolute Gasteiger partial charge is 0.360 e. The molecule has 1 saturated carbocycles. The molecule has 14 heavy (non-hydrogen) atoms. The van der Waals surface area contributed by atoms with Gasteiger partial charge in [-0.3, -0.25) is 0 Å². The minimum Gasteiger partial charge on any atom is -0.360 e. The first-order valence-electron chi connectivity index (χ1n) is 5.01. The molecule has 1 fully saturated rings. The molecule has 0 amide bonds. The highest BCUT2D eigenvalue weighted by molar-refractivity contribution is 5.85. The summed E-state index contributed by atoms with van der Waals surface area (Å²) in [4.78, 5) is 3.23. The molecule has 0 aliphatic heterocycles. The van der Waals surface area contributed by atoms with E-state index >= 15 is 0 Å². The lowest BCUT2D eigenvalue weighted by molar-refractivity contribution is 1.18. The van der Waals surface area contributed by atoms with Gasteiger partial charge in [-0.15, -0.1) is 0 Å². The van der Waals surface area contributed by atoms with E-state index in [2.05, 4.69) is 35.0 Å². The second-order valence-electron chi connectivity index (χ2n) is 3.79. The second-order valence-corrected chi connectivity index (χ2v) is 3.79. The Kier molecular flexibility index (Phi) is 1.61. The van der Waals surface area contributed by atoms with Crippen LogP contribution in [0.25, 0.3) is 10.9 Å². The van der Waals surface area contributed by atoms with E-state index in [0.717, 1.165) is 5.56 Å². The Balaban J connectivity index is 2.08. The van der Waals surface area contributed by atoms with Crippen molar-refractivity contribution < 1.29 is 0 Å². The zero-order chi connectivity index (χ0) is 9.38. The maximum atomic E-state index is 3.28. The molecule has 0 spiro atoms. The summed E-state index contributed by atoms with van der Waals surface area (Å²) in [5.41, 5.74) is 2.31. The SMILES string of the molecule is C(#CC1CC1)c1c[nH]c2ccccc12. The molecule has 3 rings (SSSR count). The van der Waals surface area contributed by atoms with Crippen molar-refractivity contribution in [3.8, 4) is 11.8 Å². The molecule has 1 aromatic heterocycles. The first kappa shape index (κ1) is 7.70. The van der Waals surface area contributed by atoms with Gasteiger partial charge in [-0.1, -0.05) is 30.0 Å². The van der Waals surface area contributed by atoms with Crippen LogP contribution in [-0.4, -0.2) is 4.98 Å². The molecular weight excluding hydrogens is 170 g/mol. The Morgan fingerprint density at radius 3 is 2.93 bits per heavy atom. The minimum atomic E-state index is 0.670. The molecule has 1 nitrogen and oxygen atoms in total. The van der Waals surface area contributed by atoms with Crippen LogP contribution in [0, 0.1) is 17.8 Å². The predicted molar refractivity (Wildman–Crippen MR) is 57.9 cm³/mol. The fourth-order valence-electron chi connectivity index (χ4n) is 1.58. The first-order valence-corrected chi connectivity index (χ1v) is 5.01. The van der Waals surface area contributed by atoms with Crippen LogP contribution in [0.1, 0.15) is 18.4 Å². The van der Waals surface area contributed by atoms with Crippen LogP contribution >= 0.6 is 0 Å². The van der Waals surface area contributed by atoms with E-state index in [-0.39, 0.29) is 0 Å². The first-order chi connectivity index (χ1) is 6.93. The summed E-state index contributed by atoms with van der Waals surface area (Å²) >= 11 is 0. The van der Waals surface area contributed by atoms with E-state index < -0.39 is 0 Å². The predicted octanol–water partition coefficient (Wildman–Crippen LogP) is 2.93. The Morgan fingerprint density at radius 1 is 1.21 bits per heavy atom. The van der Waals surface area contributed by atoms with Crippen molar-refractivity contribution in [1.29, 1.82) is 0 Å². The van der Waals surface area contributed by atoms with Gasteiger partial charge in [0.15, 0.2) is 0 Å². The van der Waals surface area contributed by atoms with Crippen LogP contribution < -0.4 is 0 Å². The van der Waals surface area contributed by atoms with Crippen molar-refractivity contribution in [2.24, 2.45) is 5.92 Å². The summed E-state index contributed by atoms with van der Waals surface area (Å²) in [6, 6.07) is 8.29. The van der Waals surface area contributed by atoms with Gasteiger partial charge in [0.2, 0.25) is 0 Å². The standard InChI is InChI=1S/C13H11N/c1-2-4-13-12(3-1)11(9-14-13)8-7-10-5-6-10/h1-4,9-10,14H,5-6H2. The molecule has 0 unspecified atom stereocenters. The number of para-hydroxylation sites is 1. The number of rotatable bonds is 0. The molecule has 1 aromatic carbocycles. The van der Waals surface area contributed by atoms with Crippen LogP contribution in [0.2, 0.25) is 0 Å². The van der Waals surface area contributed by atoms with Gasteiger partial charge in [0, 0.05) is 28.6 Å². The topological polar surface area (TPSA) is 15.8 Å². The van der Waals surface area contributed by atoms with Crippen molar-refractivity contribution in [2.45, 2.75) is 12.8 Å². The fraction of sp³-hybridized carbons (Fsp3) is 0.231. The Morgan fingerprint density at radius 2 is 2.07 bits per heavy atom. The molecule has 1 aliphatic carbocycles. The van der Waals surface area contributed by atoms with E-state index in [1.165, 1.54) is 23.7 Å². The molecule has 0 saturated heterocycles. The highest BCUT2D eigenvalue weighted by Gasteiger charge is 2.17. The lowest BCUT2D eigenvalue weighted by Crippen LogP contribution is -1.70. The number of aromatic nitrogens is 1. The number of fused-ring (bicyclic) bond motifs is 1. The second kappa shape index (κ2) is 2.92. The monoisotopic (exact) mass is 181 g/mol. The van der Waals surface area contributed by atoms with Gasteiger partial charge in [0.1, 0.15) is 0 Å². The number of aromatic amines is 1. The summed E-state index contributed by atoms with van der Waals surface area (Å²) in [7, 11) is 0. The third kappa shape index (κ3) is 1.29. The van der Waals surface area contributed by atoms with E-state index in [1.807, 2.05) is 12.3 Å². The highest BCUT2D eigenvalue weighted by Crippen LogP contribution is 2.28. The molecule has 1 aliphatic rings. The Bertz CT molecular complexity index is 521. The van der Waals surface area contributed by atoms with Gasteiger partial charge in [-0.05, 0) is 18.9 Å². The van der Waals surface area contributed by atoms with Crippen molar-refractivity contribution in [3.05, 3.63) is 36.0 Å². The highest BCUT2D eigenvalue weighted by atomic mass is 14.7. The smallest absolute Gasteiger partial charge is 0.0498 e. The summed E-state index contributed by atoms with van der Waals surface area (Å²) < 4.78 is 0. The quantitative estimate of drug-likeness (QED) is 0.601. The van der Waals surface area contributed by atoms with E-state index in [1.54, 1.807) is 0 Å². The summed E-state index contributed by atoms with van der Waals surface area (Å²) in [5, 5.41) is 1.24. The van der Waals surface area contributed by atoms with Crippen molar-refractivity contribution in [1.82, 2.24) is 4.98 Å². The van der Waals surface area contributed by atoms with Crippen LogP contribution in [0.5, 0.6) is 0 Å². The number of hydrogen-bond acceptors (Lipinski definition) is 0. The molecule has 1 heteroatoms. The van der Waals surface area contributed by atoms with Crippen molar-refractivity contribution >= 4 is 10.9 Å².